The maximum Gasteiger partial charge on any atom is 0.355 e. The third-order valence-corrected chi connectivity index (χ3v) is 6.95. The average Bonchev–Trinajstić information content (AvgIpc) is 3.18. The number of anilines is 3. The van der Waals surface area contributed by atoms with Crippen LogP contribution in [0.15, 0.2) is 67.6 Å². The standard InChI is InChI=1S/C19H12Cl2N8O9S2/c20-17-23-18(21)25-19(24-17)22-8-1-6-11(12(7-8)40(36,37)38)26-27-13-14(16(31)32)28-29(15(13)30)9-2-4-10(5-3-9)39(33,34)35/h1-7,13H,(H,31,32)(H,33,34,35)(H,36,37,38)(H,22,23,24,25)/b27-26+. The number of nitrogens with one attached hydrogen (secondary N) is 1. The Labute approximate surface area is 233 Å². The smallest absolute Gasteiger partial charge is 0.355 e. The first-order valence-electron chi connectivity index (χ1n) is 10.2. The lowest BCUT2D eigenvalue weighted by Gasteiger charge is -2.12. The van der Waals surface area contributed by atoms with Crippen LogP contribution in [0, 0.1) is 0 Å². The van der Waals surface area contributed by atoms with Crippen LogP contribution in [0.5, 0.6) is 0 Å². The Kier molecular flexibility index (Phi) is 7.78. The predicted molar refractivity (Wildman–Crippen MR) is 137 cm³/mol. The van der Waals surface area contributed by atoms with Gasteiger partial charge in [-0.2, -0.15) is 52.1 Å². The first kappa shape index (κ1) is 28.9. The molecule has 4 N–H and O–H groups in total. The van der Waals surface area contributed by atoms with Crippen LogP contribution in [0.1, 0.15) is 0 Å². The summed E-state index contributed by atoms with van der Waals surface area (Å²) in [6.07, 6.45) is 0. The summed E-state index contributed by atoms with van der Waals surface area (Å²) in [5.74, 6) is -2.85. The number of aromatic nitrogens is 3. The van der Waals surface area contributed by atoms with E-state index in [4.69, 9.17) is 27.8 Å². The van der Waals surface area contributed by atoms with Gasteiger partial charge in [0.15, 0.2) is 5.71 Å². The van der Waals surface area contributed by atoms with E-state index in [1.54, 1.807) is 0 Å². The zero-order valence-corrected chi connectivity index (χ0v) is 22.3. The summed E-state index contributed by atoms with van der Waals surface area (Å²) in [6, 6.07) is 5.48. The minimum atomic E-state index is -4.93. The van der Waals surface area contributed by atoms with Crippen LogP contribution in [0.3, 0.4) is 0 Å². The van der Waals surface area contributed by atoms with Crippen molar-refractivity contribution in [3.8, 4) is 0 Å². The van der Waals surface area contributed by atoms with Gasteiger partial charge in [-0.05, 0) is 65.7 Å². The monoisotopic (exact) mass is 630 g/mol. The van der Waals surface area contributed by atoms with Crippen molar-refractivity contribution in [3.63, 3.8) is 0 Å². The number of nitrogens with zero attached hydrogens (tertiary/aromatic N) is 7. The number of amides is 1. The molecular formula is C19H12Cl2N8O9S2. The molecule has 1 aliphatic heterocycles. The van der Waals surface area contributed by atoms with Crippen molar-refractivity contribution >= 4 is 84.0 Å². The maximum absolute atomic E-state index is 12.9. The molecule has 0 fully saturated rings. The number of hydrogen-bond donors (Lipinski definition) is 4. The highest BCUT2D eigenvalue weighted by atomic mass is 35.5. The van der Waals surface area contributed by atoms with Gasteiger partial charge in [-0.3, -0.25) is 13.9 Å². The van der Waals surface area contributed by atoms with Crippen LogP contribution in [0.4, 0.5) is 23.0 Å². The molecule has 0 spiro atoms. The highest BCUT2D eigenvalue weighted by molar-refractivity contribution is 7.86. The number of hydrogen-bond acceptors (Lipinski definition) is 13. The fourth-order valence-electron chi connectivity index (χ4n) is 3.16. The van der Waals surface area contributed by atoms with Crippen molar-refractivity contribution in [3.05, 3.63) is 53.0 Å². The second-order valence-electron chi connectivity index (χ2n) is 7.51. The van der Waals surface area contributed by atoms with Crippen LogP contribution >= 0.6 is 23.2 Å². The molecule has 2 heterocycles. The molecule has 21 heteroatoms. The SMILES string of the molecule is O=C(O)C1=NN(c2ccc(S(=O)(=O)O)cc2)C(=O)C1/N=N/c1ccc(Nc2nc(Cl)nc(Cl)n2)cc1S(=O)(=O)O. The number of azo groups is 1. The number of hydrazone groups is 1. The van der Waals surface area contributed by atoms with Gasteiger partial charge in [0.05, 0.1) is 10.6 Å². The third-order valence-electron chi connectivity index (χ3n) is 4.86. The molecule has 1 aromatic heterocycles. The molecule has 40 heavy (non-hydrogen) atoms. The normalized spacial score (nSPS) is 15.9. The summed E-state index contributed by atoms with van der Waals surface area (Å²) in [6.45, 7) is 0. The Balaban J connectivity index is 1.65. The molecule has 0 bridgehead atoms. The van der Waals surface area contributed by atoms with E-state index in [2.05, 4.69) is 35.6 Å². The van der Waals surface area contributed by atoms with Gasteiger partial charge in [0.2, 0.25) is 22.6 Å². The third kappa shape index (κ3) is 6.35. The van der Waals surface area contributed by atoms with Crippen LogP contribution < -0.4 is 10.3 Å². The van der Waals surface area contributed by atoms with Crippen LogP contribution in [0.25, 0.3) is 0 Å². The number of carbonyl (C=O) groups excluding carboxylic acids is 1. The lowest BCUT2D eigenvalue weighted by molar-refractivity contribution is -0.130. The molecule has 0 saturated carbocycles. The second-order valence-corrected chi connectivity index (χ2v) is 11.0. The van der Waals surface area contributed by atoms with Crippen molar-refractivity contribution in [2.24, 2.45) is 15.3 Å². The molecule has 1 aliphatic rings. The van der Waals surface area contributed by atoms with Crippen molar-refractivity contribution in [2.45, 2.75) is 15.8 Å². The quantitative estimate of drug-likeness (QED) is 0.206. The lowest BCUT2D eigenvalue weighted by Crippen LogP contribution is -2.33. The summed E-state index contributed by atoms with van der Waals surface area (Å²) in [7, 11) is -9.47. The van der Waals surface area contributed by atoms with E-state index in [1.165, 1.54) is 6.07 Å². The highest BCUT2D eigenvalue weighted by Gasteiger charge is 2.41. The Morgan fingerprint density at radius 2 is 1.57 bits per heavy atom. The average molecular weight is 631 g/mol. The number of rotatable bonds is 8. The summed E-state index contributed by atoms with van der Waals surface area (Å²) in [4.78, 5) is 34.4. The topological polar surface area (TPSA) is 254 Å². The van der Waals surface area contributed by atoms with Gasteiger partial charge in [-0.1, -0.05) is 0 Å². The predicted octanol–water partition coefficient (Wildman–Crippen LogP) is 2.36. The van der Waals surface area contributed by atoms with E-state index < -0.39 is 59.3 Å². The van der Waals surface area contributed by atoms with E-state index in [0.29, 0.717) is 5.01 Å². The first-order chi connectivity index (χ1) is 18.6. The number of carboxylic acids is 1. The fourth-order valence-corrected chi connectivity index (χ4v) is 4.66. The number of carboxylic acid groups (broad SMARTS) is 1. The Morgan fingerprint density at radius 1 is 0.950 bits per heavy atom. The molecule has 3 aromatic rings. The largest absolute Gasteiger partial charge is 0.477 e. The Bertz CT molecular complexity index is 1800. The molecule has 17 nitrogen and oxygen atoms in total. The second kappa shape index (κ2) is 10.8. The van der Waals surface area contributed by atoms with Crippen molar-refractivity contribution in [1.82, 2.24) is 15.0 Å². The zero-order valence-electron chi connectivity index (χ0n) is 19.1. The maximum atomic E-state index is 12.9. The summed E-state index contributed by atoms with van der Waals surface area (Å²) in [5, 5.41) is 23.2. The molecule has 2 aromatic carbocycles. The first-order valence-corrected chi connectivity index (χ1v) is 13.9. The van der Waals surface area contributed by atoms with Gasteiger partial charge >= 0.3 is 5.97 Å². The minimum absolute atomic E-state index is 0.0224. The molecule has 1 atom stereocenters. The minimum Gasteiger partial charge on any atom is -0.477 e. The van der Waals surface area contributed by atoms with Gasteiger partial charge in [0, 0.05) is 5.69 Å². The molecular weight excluding hydrogens is 619 g/mol. The number of carbonyl (C=O) groups is 2. The summed E-state index contributed by atoms with van der Waals surface area (Å²) < 4.78 is 65.3. The molecule has 208 valence electrons. The molecule has 1 amide bonds. The molecule has 1 unspecified atom stereocenters. The van der Waals surface area contributed by atoms with Crippen LogP contribution in [-0.2, 0) is 29.8 Å². The summed E-state index contributed by atoms with van der Waals surface area (Å²) >= 11 is 11.4. The molecule has 0 saturated heterocycles. The van der Waals surface area contributed by atoms with E-state index in [9.17, 15) is 36.1 Å². The van der Waals surface area contributed by atoms with Crippen molar-refractivity contribution in [2.75, 3.05) is 10.3 Å². The highest BCUT2D eigenvalue weighted by Crippen LogP contribution is 2.31. The number of aliphatic carboxylic acids is 1. The van der Waals surface area contributed by atoms with Crippen molar-refractivity contribution < 1.29 is 40.6 Å². The number of halogens is 2. The lowest BCUT2D eigenvalue weighted by atomic mass is 10.2. The van der Waals surface area contributed by atoms with Gasteiger partial charge < -0.3 is 10.4 Å². The Morgan fingerprint density at radius 3 is 2.12 bits per heavy atom. The van der Waals surface area contributed by atoms with Crippen molar-refractivity contribution in [1.29, 1.82) is 0 Å². The number of benzene rings is 2. The molecule has 0 radical (unpaired) electrons. The molecule has 0 aliphatic carbocycles. The fraction of sp³-hybridized carbons (Fsp3) is 0.0526. The van der Waals surface area contributed by atoms with Crippen LogP contribution in [0.2, 0.25) is 10.6 Å². The van der Waals surface area contributed by atoms with Crippen LogP contribution in [-0.4, -0.2) is 69.6 Å². The van der Waals surface area contributed by atoms with E-state index >= 15 is 0 Å². The Hall–Kier alpha value is -4.14. The van der Waals surface area contributed by atoms with Gasteiger partial charge in [0.25, 0.3) is 26.1 Å². The van der Waals surface area contributed by atoms with Gasteiger partial charge in [-0.25, -0.2) is 4.79 Å². The zero-order chi connectivity index (χ0) is 29.4. The van der Waals surface area contributed by atoms with Gasteiger partial charge in [0.1, 0.15) is 10.6 Å². The van der Waals surface area contributed by atoms with E-state index in [1.807, 2.05) is 0 Å². The van der Waals surface area contributed by atoms with E-state index in [-0.39, 0.29) is 27.9 Å². The van der Waals surface area contributed by atoms with Gasteiger partial charge in [-0.15, -0.1) is 0 Å². The van der Waals surface area contributed by atoms with E-state index in [0.717, 1.165) is 36.4 Å². The summed E-state index contributed by atoms with van der Waals surface area (Å²) in [5.41, 5.74) is -1.31. The molecule has 4 rings (SSSR count).